The number of nitrogens with zero attached hydrogens (tertiary/aromatic N) is 1. The van der Waals surface area contributed by atoms with Crippen LogP contribution < -0.4 is 0 Å². The molecule has 0 bridgehead atoms. The molecule has 3 unspecified atom stereocenters. The van der Waals surface area contributed by atoms with Crippen molar-refractivity contribution in [2.75, 3.05) is 19.7 Å². The van der Waals surface area contributed by atoms with E-state index in [1.165, 1.54) is 6.07 Å². The van der Waals surface area contributed by atoms with Crippen molar-refractivity contribution in [3.8, 4) is 0 Å². The molecule has 1 fully saturated rings. The molecule has 1 aromatic rings. The third-order valence-corrected chi connectivity index (χ3v) is 4.19. The first-order chi connectivity index (χ1) is 10.6. The van der Waals surface area contributed by atoms with Crippen molar-refractivity contribution >= 4 is 0 Å². The predicted octanol–water partition coefficient (Wildman–Crippen LogP) is 1.94. The Labute approximate surface area is 131 Å². The Bertz CT molecular complexity index is 455. The van der Waals surface area contributed by atoms with Crippen molar-refractivity contribution in [2.45, 2.75) is 51.0 Å². The molecule has 1 aliphatic rings. The van der Waals surface area contributed by atoms with Crippen molar-refractivity contribution in [3.05, 3.63) is 35.6 Å². The molecular formula is C17H26FNO3. The summed E-state index contributed by atoms with van der Waals surface area (Å²) >= 11 is 0. The number of β-amino-alcohol motifs (C(OH)–C–C–N with tert-alkyl or cyclic N) is 1. The van der Waals surface area contributed by atoms with Crippen LogP contribution in [0.3, 0.4) is 0 Å². The average Bonchev–Trinajstić information content (AvgIpc) is 2.49. The number of benzene rings is 1. The zero-order valence-corrected chi connectivity index (χ0v) is 13.1. The second kappa shape index (κ2) is 8.58. The van der Waals surface area contributed by atoms with Crippen LogP contribution in [0, 0.1) is 5.82 Å². The number of halogens is 1. The molecule has 124 valence electrons. The molecule has 2 rings (SSSR count). The van der Waals surface area contributed by atoms with Crippen LogP contribution >= 0.6 is 0 Å². The highest BCUT2D eigenvalue weighted by Crippen LogP contribution is 2.20. The molecule has 0 aromatic heterocycles. The van der Waals surface area contributed by atoms with Crippen molar-refractivity contribution in [2.24, 2.45) is 0 Å². The van der Waals surface area contributed by atoms with E-state index in [9.17, 15) is 14.6 Å². The standard InChI is InChI=1S/C17H26FNO3/c1-13(20)17-8-4-5-9-19(17)10-15(21)12-22-11-14-6-2-3-7-16(14)18/h2-3,6-7,13,15,17,20-21H,4-5,8-12H2,1H3. The molecule has 1 saturated heterocycles. The number of likely N-dealkylation sites (tertiary alicyclic amines) is 1. The molecule has 1 aliphatic heterocycles. The minimum atomic E-state index is -0.633. The number of hydrogen-bond donors (Lipinski definition) is 2. The first-order valence-electron chi connectivity index (χ1n) is 7.99. The van der Waals surface area contributed by atoms with Gasteiger partial charge in [-0.05, 0) is 32.4 Å². The number of rotatable bonds is 7. The fourth-order valence-corrected chi connectivity index (χ4v) is 3.03. The summed E-state index contributed by atoms with van der Waals surface area (Å²) in [5, 5.41) is 19.9. The van der Waals surface area contributed by atoms with Gasteiger partial charge in [0.1, 0.15) is 5.82 Å². The maximum absolute atomic E-state index is 13.4. The maximum Gasteiger partial charge on any atom is 0.128 e. The summed E-state index contributed by atoms with van der Waals surface area (Å²) in [4.78, 5) is 2.13. The van der Waals surface area contributed by atoms with Gasteiger partial charge < -0.3 is 14.9 Å². The zero-order valence-electron chi connectivity index (χ0n) is 13.1. The Morgan fingerprint density at radius 3 is 2.82 bits per heavy atom. The summed E-state index contributed by atoms with van der Waals surface area (Å²) in [6, 6.07) is 6.58. The summed E-state index contributed by atoms with van der Waals surface area (Å²) in [6.07, 6.45) is 2.14. The molecule has 0 saturated carbocycles. The second-order valence-electron chi connectivity index (χ2n) is 6.06. The maximum atomic E-state index is 13.4. The topological polar surface area (TPSA) is 52.9 Å². The van der Waals surface area contributed by atoms with Gasteiger partial charge >= 0.3 is 0 Å². The third-order valence-electron chi connectivity index (χ3n) is 4.19. The Morgan fingerprint density at radius 2 is 2.09 bits per heavy atom. The summed E-state index contributed by atoms with van der Waals surface area (Å²) in [7, 11) is 0. The van der Waals surface area contributed by atoms with E-state index in [1.807, 2.05) is 0 Å². The van der Waals surface area contributed by atoms with Gasteiger partial charge in [0, 0.05) is 18.2 Å². The number of aliphatic hydroxyl groups is 2. The first-order valence-corrected chi connectivity index (χ1v) is 7.99. The lowest BCUT2D eigenvalue weighted by atomic mass is 9.98. The average molecular weight is 311 g/mol. The van der Waals surface area contributed by atoms with Crippen LogP contribution in [0.15, 0.2) is 24.3 Å². The van der Waals surface area contributed by atoms with Gasteiger partial charge in [-0.25, -0.2) is 4.39 Å². The normalized spacial score (nSPS) is 22.5. The lowest BCUT2D eigenvalue weighted by Crippen LogP contribution is -2.49. The Balaban J connectivity index is 1.75. The summed E-state index contributed by atoms with van der Waals surface area (Å²) in [6.45, 7) is 3.48. The van der Waals surface area contributed by atoms with Crippen LogP contribution in [0.2, 0.25) is 0 Å². The van der Waals surface area contributed by atoms with Gasteiger partial charge in [-0.15, -0.1) is 0 Å². The monoisotopic (exact) mass is 311 g/mol. The molecule has 22 heavy (non-hydrogen) atoms. The van der Waals surface area contributed by atoms with E-state index in [0.29, 0.717) is 12.1 Å². The van der Waals surface area contributed by atoms with Crippen molar-refractivity contribution in [3.63, 3.8) is 0 Å². The van der Waals surface area contributed by atoms with E-state index in [2.05, 4.69) is 4.90 Å². The van der Waals surface area contributed by atoms with E-state index in [1.54, 1.807) is 25.1 Å². The molecule has 0 radical (unpaired) electrons. The molecule has 1 heterocycles. The van der Waals surface area contributed by atoms with Gasteiger partial charge in [0.15, 0.2) is 0 Å². The first kappa shape index (κ1) is 17.3. The van der Waals surface area contributed by atoms with Crippen LogP contribution in [-0.2, 0) is 11.3 Å². The highest BCUT2D eigenvalue weighted by atomic mass is 19.1. The quantitative estimate of drug-likeness (QED) is 0.808. The second-order valence-corrected chi connectivity index (χ2v) is 6.06. The number of hydrogen-bond acceptors (Lipinski definition) is 4. The largest absolute Gasteiger partial charge is 0.392 e. The van der Waals surface area contributed by atoms with E-state index < -0.39 is 12.2 Å². The Morgan fingerprint density at radius 1 is 1.32 bits per heavy atom. The highest BCUT2D eigenvalue weighted by molar-refractivity contribution is 5.16. The van der Waals surface area contributed by atoms with Crippen LogP contribution in [0.5, 0.6) is 0 Å². The van der Waals surface area contributed by atoms with E-state index in [-0.39, 0.29) is 25.1 Å². The van der Waals surface area contributed by atoms with Gasteiger partial charge in [-0.1, -0.05) is 24.6 Å². The van der Waals surface area contributed by atoms with Gasteiger partial charge in [-0.2, -0.15) is 0 Å². The molecule has 4 nitrogen and oxygen atoms in total. The van der Waals surface area contributed by atoms with Crippen molar-refractivity contribution in [1.29, 1.82) is 0 Å². The molecule has 2 N–H and O–H groups in total. The van der Waals surface area contributed by atoms with Crippen LogP contribution in [0.25, 0.3) is 0 Å². The molecule has 0 spiro atoms. The SMILES string of the molecule is CC(O)C1CCCCN1CC(O)COCc1ccccc1F. The highest BCUT2D eigenvalue weighted by Gasteiger charge is 2.27. The zero-order chi connectivity index (χ0) is 15.9. The molecule has 0 aliphatic carbocycles. The van der Waals surface area contributed by atoms with Gasteiger partial charge in [0.2, 0.25) is 0 Å². The lowest BCUT2D eigenvalue weighted by Gasteiger charge is -2.38. The fourth-order valence-electron chi connectivity index (χ4n) is 3.03. The van der Waals surface area contributed by atoms with E-state index in [0.717, 1.165) is 25.8 Å². The molecular weight excluding hydrogens is 285 g/mol. The molecule has 0 amide bonds. The molecule has 3 atom stereocenters. The van der Waals surface area contributed by atoms with Crippen LogP contribution in [0.4, 0.5) is 4.39 Å². The number of piperidine rings is 1. The summed E-state index contributed by atoms with van der Waals surface area (Å²) in [5.41, 5.74) is 0.495. The van der Waals surface area contributed by atoms with Gasteiger partial charge in [0.25, 0.3) is 0 Å². The lowest BCUT2D eigenvalue weighted by molar-refractivity contribution is -0.0247. The number of aliphatic hydroxyl groups excluding tert-OH is 2. The predicted molar refractivity (Wildman–Crippen MR) is 83.0 cm³/mol. The van der Waals surface area contributed by atoms with E-state index >= 15 is 0 Å². The van der Waals surface area contributed by atoms with Gasteiger partial charge in [0.05, 0.1) is 25.4 Å². The van der Waals surface area contributed by atoms with Crippen molar-refractivity contribution in [1.82, 2.24) is 4.90 Å². The minimum absolute atomic E-state index is 0.106. The minimum Gasteiger partial charge on any atom is -0.392 e. The van der Waals surface area contributed by atoms with E-state index in [4.69, 9.17) is 4.74 Å². The summed E-state index contributed by atoms with van der Waals surface area (Å²) < 4.78 is 18.9. The van der Waals surface area contributed by atoms with Crippen LogP contribution in [0.1, 0.15) is 31.7 Å². The van der Waals surface area contributed by atoms with Gasteiger partial charge in [-0.3, -0.25) is 4.90 Å². The summed E-state index contributed by atoms with van der Waals surface area (Å²) in [5.74, 6) is -0.290. The fraction of sp³-hybridized carbons (Fsp3) is 0.647. The Kier molecular flexibility index (Phi) is 6.76. The number of ether oxygens (including phenoxy) is 1. The smallest absolute Gasteiger partial charge is 0.128 e. The van der Waals surface area contributed by atoms with Crippen molar-refractivity contribution < 1.29 is 19.3 Å². The molecule has 5 heteroatoms. The third kappa shape index (κ3) is 5.02. The van der Waals surface area contributed by atoms with Crippen LogP contribution in [-0.4, -0.2) is 53.1 Å². The Hall–Kier alpha value is -1.01. The molecule has 1 aromatic carbocycles.